The van der Waals surface area contributed by atoms with Crippen molar-refractivity contribution in [3.63, 3.8) is 0 Å². The minimum absolute atomic E-state index is 0.442. The maximum atomic E-state index is 5.39. The minimum atomic E-state index is 0.442. The van der Waals surface area contributed by atoms with Gasteiger partial charge in [0.1, 0.15) is 11.6 Å². The molecular weight excluding hydrogens is 258 g/mol. The molecule has 1 aromatic rings. The van der Waals surface area contributed by atoms with E-state index in [0.717, 1.165) is 49.6 Å². The molecule has 84 valence electrons. The third-order valence-electron chi connectivity index (χ3n) is 2.72. The highest BCUT2D eigenvalue weighted by Gasteiger charge is 2.24. The fourth-order valence-electron chi connectivity index (χ4n) is 1.96. The molecule has 1 atom stereocenters. The van der Waals surface area contributed by atoms with Gasteiger partial charge in [-0.3, -0.25) is 0 Å². The summed E-state index contributed by atoms with van der Waals surface area (Å²) < 4.78 is 7.62. The maximum absolute atomic E-state index is 5.39. The second-order valence-electron chi connectivity index (χ2n) is 3.82. The molecule has 0 radical (unpaired) electrons. The zero-order chi connectivity index (χ0) is 10.7. The van der Waals surface area contributed by atoms with Crippen molar-refractivity contribution in [1.29, 1.82) is 0 Å². The van der Waals surface area contributed by atoms with Crippen molar-refractivity contribution < 1.29 is 4.74 Å². The van der Waals surface area contributed by atoms with Crippen molar-refractivity contribution >= 4 is 15.9 Å². The highest BCUT2D eigenvalue weighted by Crippen LogP contribution is 2.24. The van der Waals surface area contributed by atoms with Gasteiger partial charge >= 0.3 is 0 Å². The van der Waals surface area contributed by atoms with Crippen LogP contribution >= 0.6 is 15.9 Å². The number of hydrogen-bond donors (Lipinski definition) is 0. The molecule has 0 saturated carbocycles. The number of hydrogen-bond acceptors (Lipinski definition) is 3. The smallest absolute Gasteiger partial charge is 0.143 e. The van der Waals surface area contributed by atoms with Crippen LogP contribution in [0.3, 0.4) is 0 Å². The Kier molecular flexibility index (Phi) is 3.75. The lowest BCUT2D eigenvalue weighted by Crippen LogP contribution is -2.11. The summed E-state index contributed by atoms with van der Waals surface area (Å²) in [5.74, 6) is 2.57. The molecule has 0 aliphatic carbocycles. The monoisotopic (exact) mass is 273 g/mol. The lowest BCUT2D eigenvalue weighted by molar-refractivity contribution is 0.192. The molecular formula is C10H16BrN3O. The molecule has 0 bridgehead atoms. The van der Waals surface area contributed by atoms with Crippen LogP contribution in [0.15, 0.2) is 0 Å². The largest absolute Gasteiger partial charge is 0.381 e. The van der Waals surface area contributed by atoms with E-state index in [-0.39, 0.29) is 0 Å². The summed E-state index contributed by atoms with van der Waals surface area (Å²) in [5, 5.41) is 9.27. The minimum Gasteiger partial charge on any atom is -0.381 e. The molecule has 4 nitrogen and oxygen atoms in total. The van der Waals surface area contributed by atoms with Crippen molar-refractivity contribution in [2.45, 2.75) is 37.6 Å². The Morgan fingerprint density at radius 3 is 3.00 bits per heavy atom. The molecule has 2 heterocycles. The van der Waals surface area contributed by atoms with Crippen LogP contribution in [0.5, 0.6) is 0 Å². The van der Waals surface area contributed by atoms with Crippen LogP contribution in [0.1, 0.15) is 37.3 Å². The maximum Gasteiger partial charge on any atom is 0.143 e. The van der Waals surface area contributed by atoms with E-state index in [1.807, 2.05) is 0 Å². The van der Waals surface area contributed by atoms with Crippen LogP contribution in [-0.2, 0) is 16.6 Å². The molecule has 1 aliphatic rings. The predicted octanol–water partition coefficient (Wildman–Crippen LogP) is 2.09. The summed E-state index contributed by atoms with van der Waals surface area (Å²) in [6, 6.07) is 0. The quantitative estimate of drug-likeness (QED) is 0.789. The first-order valence-electron chi connectivity index (χ1n) is 5.42. The molecule has 1 aromatic heterocycles. The standard InChI is InChI=1S/C10H16BrN3O/c1-2-4-14-9(6-11)12-13-10(14)8-3-5-15-7-8/h8H,2-7H2,1H3. The van der Waals surface area contributed by atoms with Crippen molar-refractivity contribution in [3.05, 3.63) is 11.6 Å². The van der Waals surface area contributed by atoms with Gasteiger partial charge in [0.15, 0.2) is 0 Å². The van der Waals surface area contributed by atoms with Crippen LogP contribution in [0.4, 0.5) is 0 Å². The van der Waals surface area contributed by atoms with Crippen LogP contribution in [-0.4, -0.2) is 28.0 Å². The Hall–Kier alpha value is -0.420. The van der Waals surface area contributed by atoms with Crippen LogP contribution in [0.2, 0.25) is 0 Å². The number of ether oxygens (including phenoxy) is 1. The molecule has 1 aliphatic heterocycles. The summed E-state index contributed by atoms with van der Waals surface area (Å²) in [6.07, 6.45) is 2.18. The zero-order valence-electron chi connectivity index (χ0n) is 8.95. The Balaban J connectivity index is 2.24. The SMILES string of the molecule is CCCn1c(CBr)nnc1C1CCOC1. The molecule has 0 amide bonds. The summed E-state index contributed by atoms with van der Waals surface area (Å²) in [5.41, 5.74) is 0. The first-order chi connectivity index (χ1) is 7.36. The van der Waals surface area contributed by atoms with Crippen LogP contribution in [0.25, 0.3) is 0 Å². The number of nitrogens with zero attached hydrogens (tertiary/aromatic N) is 3. The van der Waals surface area contributed by atoms with Gasteiger partial charge in [-0.15, -0.1) is 10.2 Å². The Labute approximate surface area is 98.2 Å². The van der Waals surface area contributed by atoms with E-state index in [1.54, 1.807) is 0 Å². The highest BCUT2D eigenvalue weighted by molar-refractivity contribution is 9.08. The normalized spacial score (nSPS) is 21.1. The number of aromatic nitrogens is 3. The van der Waals surface area contributed by atoms with Crippen molar-refractivity contribution in [1.82, 2.24) is 14.8 Å². The first-order valence-corrected chi connectivity index (χ1v) is 6.54. The molecule has 5 heteroatoms. The van der Waals surface area contributed by atoms with E-state index >= 15 is 0 Å². The zero-order valence-corrected chi connectivity index (χ0v) is 10.5. The van der Waals surface area contributed by atoms with Gasteiger partial charge in [-0.05, 0) is 12.8 Å². The van der Waals surface area contributed by atoms with Gasteiger partial charge in [-0.1, -0.05) is 22.9 Å². The number of rotatable bonds is 4. The summed E-state index contributed by atoms with van der Waals surface area (Å²) >= 11 is 3.45. The van der Waals surface area contributed by atoms with E-state index in [0.29, 0.717) is 5.92 Å². The van der Waals surface area contributed by atoms with E-state index in [2.05, 4.69) is 37.6 Å². The fourth-order valence-corrected chi connectivity index (χ4v) is 2.37. The molecule has 1 unspecified atom stereocenters. The predicted molar refractivity (Wildman–Crippen MR) is 61.1 cm³/mol. The first kappa shape index (κ1) is 11.1. The Morgan fingerprint density at radius 1 is 1.53 bits per heavy atom. The fraction of sp³-hybridized carbons (Fsp3) is 0.800. The second kappa shape index (κ2) is 5.07. The highest BCUT2D eigenvalue weighted by atomic mass is 79.9. The van der Waals surface area contributed by atoms with Crippen molar-refractivity contribution in [3.8, 4) is 0 Å². The average molecular weight is 274 g/mol. The van der Waals surface area contributed by atoms with Gasteiger partial charge in [-0.2, -0.15) is 0 Å². The third kappa shape index (κ3) is 2.23. The van der Waals surface area contributed by atoms with Crippen LogP contribution in [0, 0.1) is 0 Å². The molecule has 2 rings (SSSR count). The molecule has 0 spiro atoms. The molecule has 1 fully saturated rings. The molecule has 1 saturated heterocycles. The molecule has 0 aromatic carbocycles. The second-order valence-corrected chi connectivity index (χ2v) is 4.38. The molecule has 15 heavy (non-hydrogen) atoms. The molecule has 0 N–H and O–H groups in total. The van der Waals surface area contributed by atoms with E-state index < -0.39 is 0 Å². The van der Waals surface area contributed by atoms with Gasteiger partial charge in [0.25, 0.3) is 0 Å². The van der Waals surface area contributed by atoms with E-state index in [4.69, 9.17) is 4.74 Å². The Morgan fingerprint density at radius 2 is 2.40 bits per heavy atom. The van der Waals surface area contributed by atoms with Gasteiger partial charge < -0.3 is 9.30 Å². The third-order valence-corrected chi connectivity index (χ3v) is 3.22. The summed E-state index contributed by atoms with van der Waals surface area (Å²) in [4.78, 5) is 0. The summed E-state index contributed by atoms with van der Waals surface area (Å²) in [7, 11) is 0. The van der Waals surface area contributed by atoms with Gasteiger partial charge in [0.05, 0.1) is 11.9 Å². The summed E-state index contributed by atoms with van der Waals surface area (Å²) in [6.45, 7) is 4.82. The van der Waals surface area contributed by atoms with E-state index in [9.17, 15) is 0 Å². The van der Waals surface area contributed by atoms with Crippen molar-refractivity contribution in [2.75, 3.05) is 13.2 Å². The topological polar surface area (TPSA) is 39.9 Å². The van der Waals surface area contributed by atoms with Gasteiger partial charge in [0.2, 0.25) is 0 Å². The lowest BCUT2D eigenvalue weighted by Gasteiger charge is -2.11. The van der Waals surface area contributed by atoms with Crippen LogP contribution < -0.4 is 0 Å². The van der Waals surface area contributed by atoms with Crippen molar-refractivity contribution in [2.24, 2.45) is 0 Å². The number of alkyl halides is 1. The lowest BCUT2D eigenvalue weighted by atomic mass is 10.1. The van der Waals surface area contributed by atoms with Gasteiger partial charge in [0, 0.05) is 19.1 Å². The average Bonchev–Trinajstić information content (AvgIpc) is 2.85. The number of halogens is 1. The Bertz CT molecular complexity index is 320. The van der Waals surface area contributed by atoms with E-state index in [1.165, 1.54) is 0 Å². The van der Waals surface area contributed by atoms with Gasteiger partial charge in [-0.25, -0.2) is 0 Å².